The lowest BCUT2D eigenvalue weighted by Crippen LogP contribution is -2.37. The van der Waals surface area contributed by atoms with E-state index in [9.17, 15) is 4.79 Å². The fraction of sp³-hybridized carbons (Fsp3) is 0.320. The molecule has 1 N–H and O–H groups in total. The molecule has 2 aromatic heterocycles. The van der Waals surface area contributed by atoms with Crippen molar-refractivity contribution in [1.29, 1.82) is 0 Å². The first kappa shape index (κ1) is 21.7. The monoisotopic (exact) mass is 461 g/mol. The van der Waals surface area contributed by atoms with Crippen LogP contribution >= 0.6 is 11.8 Å². The molecule has 1 unspecified atom stereocenters. The normalized spacial score (nSPS) is 15.2. The minimum atomic E-state index is -0.325. The number of Topliss-reactive ketones (excluding diaryl/α,β-unsaturated/α-hetero) is 1. The number of aromatic amines is 1. The lowest BCUT2D eigenvalue weighted by atomic mass is 10.1. The number of nitrogens with zero attached hydrogens (tertiary/aromatic N) is 4. The average Bonchev–Trinajstić information content (AvgIpc) is 3.40. The number of H-pyrrole nitrogens is 1. The van der Waals surface area contributed by atoms with Gasteiger partial charge in [-0.3, -0.25) is 9.36 Å². The van der Waals surface area contributed by atoms with E-state index in [4.69, 9.17) is 4.74 Å². The van der Waals surface area contributed by atoms with Crippen LogP contribution < -0.4 is 4.90 Å². The van der Waals surface area contributed by atoms with Gasteiger partial charge in [-0.2, -0.15) is 0 Å². The molecule has 0 aliphatic carbocycles. The molecule has 2 aromatic carbocycles. The molecule has 1 fully saturated rings. The Hall–Kier alpha value is -3.10. The third-order valence-corrected chi connectivity index (χ3v) is 7.04. The highest BCUT2D eigenvalue weighted by molar-refractivity contribution is 8.00. The number of hydrogen-bond donors (Lipinski definition) is 1. The summed E-state index contributed by atoms with van der Waals surface area (Å²) in [6, 6.07) is 16.2. The summed E-state index contributed by atoms with van der Waals surface area (Å²) < 4.78 is 7.58. The highest BCUT2D eigenvalue weighted by Crippen LogP contribution is 2.33. The molecule has 33 heavy (non-hydrogen) atoms. The van der Waals surface area contributed by atoms with E-state index in [0.717, 1.165) is 46.9 Å². The number of carbonyl (C=O) groups excluding carboxylic acids is 1. The van der Waals surface area contributed by atoms with Crippen molar-refractivity contribution >= 4 is 34.4 Å². The van der Waals surface area contributed by atoms with Gasteiger partial charge in [-0.1, -0.05) is 47.7 Å². The van der Waals surface area contributed by atoms with Crippen LogP contribution in [0.3, 0.4) is 0 Å². The SMILES string of the molecule is Cc1ccc(-n2c(SC(C)C(=O)c3c(C)[nH]c4ccccc34)nnc2N2CCOCC2)cc1. The van der Waals surface area contributed by atoms with E-state index in [1.165, 1.54) is 17.3 Å². The van der Waals surface area contributed by atoms with Crippen LogP contribution in [-0.2, 0) is 4.74 Å². The van der Waals surface area contributed by atoms with E-state index in [2.05, 4.69) is 55.8 Å². The first-order chi connectivity index (χ1) is 16.0. The summed E-state index contributed by atoms with van der Waals surface area (Å²) >= 11 is 1.45. The number of hydrogen-bond acceptors (Lipinski definition) is 6. The minimum absolute atomic E-state index is 0.0846. The number of carbonyl (C=O) groups is 1. The molecule has 0 spiro atoms. The standard InChI is InChI=1S/C25H27N5O2S/c1-16-8-10-19(11-9-16)30-24(29-12-14-32-15-13-29)27-28-25(30)33-18(3)23(31)22-17(2)26-21-7-5-4-6-20(21)22/h4-11,18,26H,12-15H2,1-3H3. The summed E-state index contributed by atoms with van der Waals surface area (Å²) in [5.41, 5.74) is 4.79. The highest BCUT2D eigenvalue weighted by atomic mass is 32.2. The number of rotatable bonds is 6. The van der Waals surface area contributed by atoms with E-state index < -0.39 is 0 Å². The number of anilines is 1. The van der Waals surface area contributed by atoms with Crippen LogP contribution in [0.25, 0.3) is 16.6 Å². The first-order valence-corrected chi connectivity index (χ1v) is 12.0. The molecule has 0 amide bonds. The largest absolute Gasteiger partial charge is 0.378 e. The summed E-state index contributed by atoms with van der Waals surface area (Å²) in [6.45, 7) is 8.82. The van der Waals surface area contributed by atoms with Crippen molar-refractivity contribution in [3.05, 3.63) is 65.4 Å². The van der Waals surface area contributed by atoms with Crippen molar-refractivity contribution in [1.82, 2.24) is 19.7 Å². The van der Waals surface area contributed by atoms with Crippen molar-refractivity contribution in [2.45, 2.75) is 31.2 Å². The van der Waals surface area contributed by atoms with Gasteiger partial charge in [0.2, 0.25) is 5.95 Å². The first-order valence-electron chi connectivity index (χ1n) is 11.2. The smallest absolute Gasteiger partial charge is 0.232 e. The number of ether oxygens (including phenoxy) is 1. The quantitative estimate of drug-likeness (QED) is 0.335. The van der Waals surface area contributed by atoms with Crippen LogP contribution in [-0.4, -0.2) is 57.1 Å². The lowest BCUT2D eigenvalue weighted by Gasteiger charge is -2.28. The second-order valence-corrected chi connectivity index (χ2v) is 9.66. The molecule has 1 aliphatic rings. The van der Waals surface area contributed by atoms with Crippen molar-refractivity contribution in [3.63, 3.8) is 0 Å². The number of morpholine rings is 1. The minimum Gasteiger partial charge on any atom is -0.378 e. The fourth-order valence-electron chi connectivity index (χ4n) is 4.24. The van der Waals surface area contributed by atoms with Gasteiger partial charge in [0.25, 0.3) is 0 Å². The Kier molecular flexibility index (Phi) is 5.95. The van der Waals surface area contributed by atoms with Crippen LogP contribution in [0.1, 0.15) is 28.5 Å². The van der Waals surface area contributed by atoms with Crippen molar-refractivity contribution in [2.75, 3.05) is 31.2 Å². The predicted molar refractivity (Wildman–Crippen MR) is 132 cm³/mol. The van der Waals surface area contributed by atoms with Gasteiger partial charge in [0.15, 0.2) is 10.9 Å². The molecule has 1 aliphatic heterocycles. The lowest BCUT2D eigenvalue weighted by molar-refractivity contribution is 0.0995. The van der Waals surface area contributed by atoms with Gasteiger partial charge in [-0.25, -0.2) is 0 Å². The summed E-state index contributed by atoms with van der Waals surface area (Å²) in [5, 5.41) is 10.4. The number of thioether (sulfide) groups is 1. The molecule has 0 saturated carbocycles. The number of fused-ring (bicyclic) bond motifs is 1. The number of ketones is 1. The van der Waals surface area contributed by atoms with Gasteiger partial charge in [0, 0.05) is 35.2 Å². The molecule has 1 saturated heterocycles. The molecular weight excluding hydrogens is 434 g/mol. The molecule has 1 atom stereocenters. The third kappa shape index (κ3) is 4.16. The number of para-hydroxylation sites is 1. The third-order valence-electron chi connectivity index (χ3n) is 5.99. The molecule has 5 rings (SSSR count). The maximum absolute atomic E-state index is 13.5. The Balaban J connectivity index is 1.49. The number of benzene rings is 2. The van der Waals surface area contributed by atoms with E-state index in [0.29, 0.717) is 18.4 Å². The van der Waals surface area contributed by atoms with Gasteiger partial charge < -0.3 is 14.6 Å². The van der Waals surface area contributed by atoms with Crippen LogP contribution in [0.15, 0.2) is 53.7 Å². The van der Waals surface area contributed by atoms with Gasteiger partial charge in [0.1, 0.15) is 0 Å². The summed E-state index contributed by atoms with van der Waals surface area (Å²) in [6.07, 6.45) is 0. The zero-order valence-corrected chi connectivity index (χ0v) is 19.9. The van der Waals surface area contributed by atoms with Crippen LogP contribution in [0, 0.1) is 13.8 Å². The van der Waals surface area contributed by atoms with Crippen LogP contribution in [0.2, 0.25) is 0 Å². The Morgan fingerprint density at radius 3 is 2.55 bits per heavy atom. The molecule has 3 heterocycles. The summed E-state index contributed by atoms with van der Waals surface area (Å²) in [5.74, 6) is 0.869. The van der Waals surface area contributed by atoms with Crippen LogP contribution in [0.5, 0.6) is 0 Å². The average molecular weight is 462 g/mol. The van der Waals surface area contributed by atoms with E-state index in [1.54, 1.807) is 0 Å². The highest BCUT2D eigenvalue weighted by Gasteiger charge is 2.27. The van der Waals surface area contributed by atoms with Crippen molar-refractivity contribution < 1.29 is 9.53 Å². The second-order valence-electron chi connectivity index (χ2n) is 8.35. The molecule has 170 valence electrons. The summed E-state index contributed by atoms with van der Waals surface area (Å²) in [4.78, 5) is 19.0. The van der Waals surface area contributed by atoms with Gasteiger partial charge in [-0.05, 0) is 39.0 Å². The van der Waals surface area contributed by atoms with E-state index in [-0.39, 0.29) is 11.0 Å². The van der Waals surface area contributed by atoms with Gasteiger partial charge >= 0.3 is 0 Å². The van der Waals surface area contributed by atoms with Crippen LogP contribution in [0.4, 0.5) is 5.95 Å². The Labute approximate surface area is 197 Å². The predicted octanol–water partition coefficient (Wildman–Crippen LogP) is 4.57. The number of nitrogens with one attached hydrogen (secondary N) is 1. The second kappa shape index (κ2) is 9.03. The Morgan fingerprint density at radius 2 is 1.79 bits per heavy atom. The zero-order chi connectivity index (χ0) is 22.9. The molecule has 0 bridgehead atoms. The van der Waals surface area contributed by atoms with E-state index >= 15 is 0 Å². The van der Waals surface area contributed by atoms with Crippen molar-refractivity contribution in [2.24, 2.45) is 0 Å². The Morgan fingerprint density at radius 1 is 1.06 bits per heavy atom. The maximum Gasteiger partial charge on any atom is 0.232 e. The molecule has 7 nitrogen and oxygen atoms in total. The number of aromatic nitrogens is 4. The Bertz CT molecular complexity index is 1290. The fourth-order valence-corrected chi connectivity index (χ4v) is 5.16. The van der Waals surface area contributed by atoms with Crippen molar-refractivity contribution in [3.8, 4) is 5.69 Å². The van der Waals surface area contributed by atoms with E-state index in [1.807, 2.05) is 38.1 Å². The molecule has 4 aromatic rings. The zero-order valence-electron chi connectivity index (χ0n) is 19.0. The van der Waals surface area contributed by atoms with Gasteiger partial charge in [-0.15, -0.1) is 10.2 Å². The molecular formula is C25H27N5O2S. The molecule has 8 heteroatoms. The maximum atomic E-state index is 13.5. The summed E-state index contributed by atoms with van der Waals surface area (Å²) in [7, 11) is 0. The van der Waals surface area contributed by atoms with Gasteiger partial charge in [0.05, 0.1) is 24.2 Å². The topological polar surface area (TPSA) is 76.0 Å². The molecule has 0 radical (unpaired) electrons. The number of aryl methyl sites for hydroxylation is 2.